The Hall–Kier alpha value is -5.50. The van der Waals surface area contributed by atoms with Crippen LogP contribution in [0.25, 0.3) is 0 Å². The van der Waals surface area contributed by atoms with E-state index >= 15 is 0 Å². The highest BCUT2D eigenvalue weighted by molar-refractivity contribution is 5.86. The van der Waals surface area contributed by atoms with Gasteiger partial charge in [-0.05, 0) is 44.2 Å². The maximum atomic E-state index is 4.50. The molecule has 0 amide bonds. The van der Waals surface area contributed by atoms with Crippen LogP contribution in [0.3, 0.4) is 0 Å². The Labute approximate surface area is 220 Å². The first-order valence-electron chi connectivity index (χ1n) is 11.8. The minimum absolute atomic E-state index is 0.659. The van der Waals surface area contributed by atoms with Gasteiger partial charge in [-0.1, -0.05) is 24.3 Å². The third-order valence-corrected chi connectivity index (χ3v) is 5.94. The van der Waals surface area contributed by atoms with Crippen LogP contribution in [0, 0.1) is 0 Å². The monoisotopic (exact) mass is 498 g/mol. The van der Waals surface area contributed by atoms with E-state index in [1.54, 1.807) is 43.1 Å². The van der Waals surface area contributed by atoms with Crippen molar-refractivity contribution in [3.63, 3.8) is 0 Å². The molecule has 0 aliphatic rings. The predicted molar refractivity (Wildman–Crippen MR) is 158 cm³/mol. The Morgan fingerprint density at radius 2 is 0.605 bits per heavy atom. The molecule has 0 atom stereocenters. The van der Waals surface area contributed by atoms with E-state index in [4.69, 9.17) is 0 Å². The summed E-state index contributed by atoms with van der Waals surface area (Å²) in [5, 5.41) is 0. The van der Waals surface area contributed by atoms with Gasteiger partial charge in [0, 0.05) is 36.4 Å². The van der Waals surface area contributed by atoms with E-state index in [0.29, 0.717) is 23.3 Å². The lowest BCUT2D eigenvalue weighted by Gasteiger charge is -2.14. The van der Waals surface area contributed by atoms with Crippen molar-refractivity contribution in [2.24, 2.45) is 0 Å². The summed E-state index contributed by atoms with van der Waals surface area (Å²) in [7, 11) is 0. The first kappa shape index (κ1) is 24.2. The topological polar surface area (TPSA) is 63.6 Å². The van der Waals surface area contributed by atoms with Crippen LogP contribution in [-0.2, 0) is 0 Å². The molecule has 0 bridgehead atoms. The molecule has 1 aromatic carbocycles. The van der Waals surface area contributed by atoms with Gasteiger partial charge in [-0.2, -0.15) is 18.3 Å². The second-order valence-corrected chi connectivity index (χ2v) is 8.29. The van der Waals surface area contributed by atoms with Gasteiger partial charge in [0.05, 0.1) is 26.9 Å². The minimum atomic E-state index is 0.659. The maximum Gasteiger partial charge on any atom is 0.327 e. The predicted octanol–water partition coefficient (Wildman–Crippen LogP) is 5.41. The Balaban J connectivity index is 1.78. The van der Waals surface area contributed by atoms with Crippen molar-refractivity contribution >= 4 is 72.9 Å². The van der Waals surface area contributed by atoms with Crippen molar-refractivity contribution < 1.29 is 0 Å². The van der Waals surface area contributed by atoms with Crippen molar-refractivity contribution in [1.82, 2.24) is 38.2 Å². The van der Waals surface area contributed by atoms with Crippen molar-refractivity contribution in [3.05, 3.63) is 110 Å². The summed E-state index contributed by atoms with van der Waals surface area (Å²) in [5.74, 6) is 2.64. The van der Waals surface area contributed by atoms with Gasteiger partial charge >= 0.3 is 23.3 Å². The maximum absolute atomic E-state index is 4.50. The molecule has 0 saturated carbocycles. The van der Waals surface area contributed by atoms with Crippen LogP contribution in [-0.4, -0.2) is 46.8 Å². The Morgan fingerprint density at radius 1 is 0.368 bits per heavy atom. The third kappa shape index (κ3) is 4.78. The van der Waals surface area contributed by atoms with Crippen molar-refractivity contribution in [2.45, 2.75) is 0 Å². The summed E-state index contributed by atoms with van der Waals surface area (Å²) in [4.78, 5) is 18.0. The number of hydrogen-bond acceptors (Lipinski definition) is 4. The highest BCUT2D eigenvalue weighted by atomic mass is 15.2. The molecule has 8 heteroatoms. The van der Waals surface area contributed by atoms with Crippen LogP contribution >= 0.6 is 0 Å². The van der Waals surface area contributed by atoms with E-state index in [2.05, 4.69) is 46.8 Å². The van der Waals surface area contributed by atoms with Crippen LogP contribution < -0.4 is 18.3 Å². The van der Waals surface area contributed by atoms with Gasteiger partial charge in [-0.3, -0.25) is 0 Å². The number of pyridine rings is 4. The molecule has 5 rings (SSSR count). The molecule has 0 aliphatic heterocycles. The minimum Gasteiger partial charge on any atom is -0.199 e. The molecule has 0 aliphatic carbocycles. The number of aromatic nitrogens is 4. The van der Waals surface area contributed by atoms with Crippen LogP contribution in [0.2, 0.25) is 0 Å². The van der Waals surface area contributed by atoms with E-state index in [9.17, 15) is 0 Å². The molecular weight excluding hydrogens is 472 g/mol. The van der Waals surface area contributed by atoms with Crippen molar-refractivity contribution in [3.8, 4) is 0 Å². The fourth-order valence-corrected chi connectivity index (χ4v) is 3.97. The molecular formula is C30H26N8+4. The second-order valence-electron chi connectivity index (χ2n) is 8.29. The van der Waals surface area contributed by atoms with Crippen LogP contribution in [0.4, 0.5) is 46.0 Å². The van der Waals surface area contributed by atoms with E-state index in [0.717, 1.165) is 22.7 Å². The van der Waals surface area contributed by atoms with Gasteiger partial charge in [0.15, 0.2) is 22.7 Å². The van der Waals surface area contributed by atoms with Crippen LogP contribution in [0.5, 0.6) is 0 Å². The number of benzene rings is 1. The quantitative estimate of drug-likeness (QED) is 0.212. The fourth-order valence-electron chi connectivity index (χ4n) is 3.97. The first-order chi connectivity index (χ1) is 18.5. The summed E-state index contributed by atoms with van der Waals surface area (Å²) in [6.07, 6.45) is 6.90. The van der Waals surface area contributed by atoms with E-state index in [-0.39, 0.29) is 0 Å². The van der Waals surface area contributed by atoms with Crippen LogP contribution in [0.15, 0.2) is 110 Å². The third-order valence-electron chi connectivity index (χ3n) is 5.94. The van der Waals surface area contributed by atoms with Crippen molar-refractivity contribution in [1.29, 1.82) is 0 Å². The Bertz CT molecular complexity index is 1400. The smallest absolute Gasteiger partial charge is 0.199 e. The lowest BCUT2D eigenvalue weighted by molar-refractivity contribution is 0.951. The average molecular weight is 499 g/mol. The number of nitrogens with zero attached hydrogens (tertiary/aromatic N) is 8. The SMILES string of the molecule is C=[N+](c1ccccn1)c1cc([N+](=C)c2ccccn2)c([N+](=C)c2ccccn2)cc1[N+](=C)c1ccccn1. The fraction of sp³-hybridized carbons (Fsp3) is 0. The number of hydrogen-bond donors (Lipinski definition) is 0. The molecule has 0 N–H and O–H groups in total. The summed E-state index contributed by atoms with van der Waals surface area (Å²) in [6, 6.07) is 26.6. The van der Waals surface area contributed by atoms with Gasteiger partial charge in [0.2, 0.25) is 0 Å². The van der Waals surface area contributed by atoms with Gasteiger partial charge in [-0.25, -0.2) is 0 Å². The second kappa shape index (κ2) is 10.6. The Kier molecular flexibility index (Phi) is 6.77. The van der Waals surface area contributed by atoms with Gasteiger partial charge in [0.25, 0.3) is 0 Å². The first-order valence-corrected chi connectivity index (χ1v) is 11.8. The van der Waals surface area contributed by atoms with Crippen molar-refractivity contribution in [2.75, 3.05) is 0 Å². The molecule has 0 radical (unpaired) electrons. The van der Waals surface area contributed by atoms with E-state index in [1.165, 1.54) is 0 Å². The summed E-state index contributed by atoms with van der Waals surface area (Å²) >= 11 is 0. The normalized spacial score (nSPS) is 10.5. The molecule has 38 heavy (non-hydrogen) atoms. The van der Waals surface area contributed by atoms with Crippen LogP contribution in [0.1, 0.15) is 0 Å². The van der Waals surface area contributed by atoms with E-state index in [1.807, 2.05) is 84.9 Å². The highest BCUT2D eigenvalue weighted by Gasteiger charge is 2.30. The lowest BCUT2D eigenvalue weighted by Crippen LogP contribution is -2.14. The standard InChI is InChI=1S/C30H26N8/c1-35(27-13-5-9-17-31-27)23-21-25(37(3)29-15-7-11-19-33-29)26(38(4)30-16-8-12-20-34-30)22-24(23)36(2)28-14-6-10-18-32-28/h5-22H,1-4H2/q+4. The highest BCUT2D eigenvalue weighted by Crippen LogP contribution is 2.41. The van der Waals surface area contributed by atoms with Gasteiger partial charge in [-0.15, -0.1) is 0 Å². The number of rotatable bonds is 8. The van der Waals surface area contributed by atoms with E-state index < -0.39 is 0 Å². The molecule has 8 nitrogen and oxygen atoms in total. The zero-order chi connectivity index (χ0) is 26.5. The molecule has 0 unspecified atom stereocenters. The summed E-state index contributed by atoms with van der Waals surface area (Å²) in [6.45, 7) is 17.3. The molecule has 4 heterocycles. The molecule has 4 aromatic heterocycles. The Morgan fingerprint density at radius 3 is 0.789 bits per heavy atom. The molecule has 0 saturated heterocycles. The molecule has 182 valence electrons. The zero-order valence-electron chi connectivity index (χ0n) is 20.8. The largest absolute Gasteiger partial charge is 0.327 e. The average Bonchev–Trinajstić information content (AvgIpc) is 3.00. The molecule has 0 spiro atoms. The summed E-state index contributed by atoms with van der Waals surface area (Å²) in [5.41, 5.74) is 2.90. The lowest BCUT2D eigenvalue weighted by atomic mass is 10.1. The molecule has 0 fully saturated rings. The zero-order valence-corrected chi connectivity index (χ0v) is 20.8. The van der Waals surface area contributed by atoms with Gasteiger partial charge < -0.3 is 0 Å². The van der Waals surface area contributed by atoms with Gasteiger partial charge in [0.1, 0.15) is 24.8 Å². The summed E-state index contributed by atoms with van der Waals surface area (Å²) < 4.78 is 7.02. The molecule has 5 aromatic rings.